The molecule has 204 valence electrons. The molecule has 3 aliphatic rings. The lowest BCUT2D eigenvalue weighted by atomic mass is 9.73. The van der Waals surface area contributed by atoms with E-state index in [0.717, 1.165) is 30.4 Å². The summed E-state index contributed by atoms with van der Waals surface area (Å²) in [6, 6.07) is 3.79. The molecule has 38 heavy (non-hydrogen) atoms. The second-order valence-corrected chi connectivity index (χ2v) is 14.3. The van der Waals surface area contributed by atoms with E-state index in [2.05, 4.69) is 14.4 Å². The number of carbonyl (C=O) groups is 2. The van der Waals surface area contributed by atoms with Crippen LogP contribution in [0.15, 0.2) is 32.9 Å². The molecule has 10 nitrogen and oxygen atoms in total. The lowest BCUT2D eigenvalue weighted by molar-refractivity contribution is -0.152. The standard InChI is InChI=1S/C23H24ClFN4O6S3/c1-37(32,33)26-9-13-11-36-22-20(13)38(34,35)28-21(27-22)18-19(30)14-4-2-3-5-17(14)29(23(18)31)10-12-6-7-16(25)15(24)8-12/h6-8,11,14,17-18,26H,2-5,9-10H2,1H3,(H,27,28). The zero-order chi connectivity index (χ0) is 27.4. The number of likely N-dealkylation sites (tertiary alicyclic amines) is 1. The molecule has 3 heterocycles. The molecule has 2 aliphatic heterocycles. The third-order valence-corrected chi connectivity index (χ3v) is 10.4. The molecule has 1 aromatic heterocycles. The van der Waals surface area contributed by atoms with E-state index in [1.807, 2.05) is 0 Å². The summed E-state index contributed by atoms with van der Waals surface area (Å²) in [6.45, 7) is -0.176. The Balaban J connectivity index is 1.49. The summed E-state index contributed by atoms with van der Waals surface area (Å²) in [5.74, 6) is -3.77. The van der Waals surface area contributed by atoms with E-state index in [9.17, 15) is 30.8 Å². The Bertz CT molecular complexity index is 1570. The fraction of sp³-hybridized carbons (Fsp3) is 0.435. The third kappa shape index (κ3) is 5.11. The van der Waals surface area contributed by atoms with Gasteiger partial charge in [-0.1, -0.05) is 30.5 Å². The van der Waals surface area contributed by atoms with E-state index in [1.165, 1.54) is 23.6 Å². The van der Waals surface area contributed by atoms with Gasteiger partial charge >= 0.3 is 0 Å². The number of amidine groups is 1. The van der Waals surface area contributed by atoms with Gasteiger partial charge in [0.25, 0.3) is 10.0 Å². The lowest BCUT2D eigenvalue weighted by Gasteiger charge is -2.46. The second kappa shape index (κ2) is 9.97. The van der Waals surface area contributed by atoms with Crippen molar-refractivity contribution in [3.63, 3.8) is 0 Å². The van der Waals surface area contributed by atoms with E-state index in [-0.39, 0.29) is 51.2 Å². The van der Waals surface area contributed by atoms with Crippen LogP contribution in [0.25, 0.3) is 0 Å². The van der Waals surface area contributed by atoms with Crippen molar-refractivity contribution in [2.75, 3.05) is 11.6 Å². The van der Waals surface area contributed by atoms with E-state index < -0.39 is 43.6 Å². The number of halogens is 2. The predicted octanol–water partition coefficient (Wildman–Crippen LogP) is 2.89. The number of hydrogen-bond donors (Lipinski definition) is 2. The highest BCUT2D eigenvalue weighted by Crippen LogP contribution is 2.41. The van der Waals surface area contributed by atoms with Crippen molar-refractivity contribution in [2.45, 2.75) is 49.7 Å². The van der Waals surface area contributed by atoms with Crippen LogP contribution in [0.1, 0.15) is 36.8 Å². The molecule has 1 aromatic carbocycles. The van der Waals surface area contributed by atoms with Crippen LogP contribution < -0.4 is 10.0 Å². The first-order valence-corrected chi connectivity index (χ1v) is 16.4. The molecule has 1 aliphatic carbocycles. The Morgan fingerprint density at radius 2 is 2.00 bits per heavy atom. The number of nitrogens with one attached hydrogen (secondary N) is 2. The molecule has 2 N–H and O–H groups in total. The summed E-state index contributed by atoms with van der Waals surface area (Å²) in [6.07, 6.45) is 3.77. The largest absolute Gasteiger partial charge is 0.334 e. The molecule has 1 saturated carbocycles. The van der Waals surface area contributed by atoms with Gasteiger partial charge in [-0.2, -0.15) is 8.42 Å². The zero-order valence-electron chi connectivity index (χ0n) is 20.1. The number of piperidine rings is 1. The van der Waals surface area contributed by atoms with Gasteiger partial charge in [0.15, 0.2) is 11.7 Å². The number of ketones is 1. The first kappa shape index (κ1) is 27.2. The number of Topliss-reactive ketones (excluding diaryl/α,β-unsaturated/α-hetero) is 1. The highest BCUT2D eigenvalue weighted by Gasteiger charge is 2.51. The normalized spacial score (nSPS) is 24.9. The first-order chi connectivity index (χ1) is 17.9. The number of thiophene rings is 1. The van der Waals surface area contributed by atoms with Crippen molar-refractivity contribution >= 4 is 65.5 Å². The number of sulfonamides is 2. The molecule has 0 spiro atoms. The number of rotatable bonds is 6. The van der Waals surface area contributed by atoms with Gasteiger partial charge in [-0.25, -0.2) is 17.5 Å². The van der Waals surface area contributed by atoms with Crippen LogP contribution in [0, 0.1) is 17.7 Å². The molecule has 5 rings (SSSR count). The third-order valence-electron chi connectivity index (χ3n) is 6.98. The Hall–Kier alpha value is -2.39. The topological polar surface area (TPSA) is 142 Å². The minimum Gasteiger partial charge on any atom is -0.334 e. The van der Waals surface area contributed by atoms with Gasteiger partial charge in [-0.05, 0) is 35.9 Å². The van der Waals surface area contributed by atoms with Crippen LogP contribution >= 0.6 is 22.9 Å². The van der Waals surface area contributed by atoms with Crippen LogP contribution in [0.3, 0.4) is 0 Å². The summed E-state index contributed by atoms with van der Waals surface area (Å²) in [4.78, 5) is 28.8. The molecular weight excluding hydrogens is 579 g/mol. The number of fused-ring (bicyclic) bond motifs is 2. The molecule has 1 saturated heterocycles. The fourth-order valence-corrected chi connectivity index (χ4v) is 8.55. The smallest absolute Gasteiger partial charge is 0.287 e. The van der Waals surface area contributed by atoms with Gasteiger partial charge in [-0.3, -0.25) is 9.59 Å². The van der Waals surface area contributed by atoms with Crippen molar-refractivity contribution in [3.05, 3.63) is 45.5 Å². The Morgan fingerprint density at radius 1 is 1.26 bits per heavy atom. The minimum absolute atomic E-state index is 0.0787. The van der Waals surface area contributed by atoms with Gasteiger partial charge in [0.2, 0.25) is 15.9 Å². The monoisotopic (exact) mass is 602 g/mol. The molecule has 1 amide bonds. The van der Waals surface area contributed by atoms with E-state index in [4.69, 9.17) is 11.6 Å². The summed E-state index contributed by atoms with van der Waals surface area (Å²) >= 11 is 6.95. The molecule has 3 unspecified atom stereocenters. The Morgan fingerprint density at radius 3 is 2.71 bits per heavy atom. The predicted molar refractivity (Wildman–Crippen MR) is 140 cm³/mol. The average molecular weight is 603 g/mol. The maximum Gasteiger partial charge on any atom is 0.287 e. The number of nitrogens with zero attached hydrogens (tertiary/aromatic N) is 2. The maximum absolute atomic E-state index is 13.8. The molecule has 0 radical (unpaired) electrons. The molecular formula is C23H24ClFN4O6S3. The van der Waals surface area contributed by atoms with Gasteiger partial charge in [-0.15, -0.1) is 15.7 Å². The average Bonchev–Trinajstić information content (AvgIpc) is 3.26. The van der Waals surface area contributed by atoms with Gasteiger partial charge in [0.1, 0.15) is 21.5 Å². The fourth-order valence-electron chi connectivity index (χ4n) is 5.28. The number of hydrogen-bond acceptors (Lipinski definition) is 8. The van der Waals surface area contributed by atoms with Crippen molar-refractivity contribution < 1.29 is 30.8 Å². The molecule has 3 atom stereocenters. The van der Waals surface area contributed by atoms with Crippen LogP contribution in [-0.2, 0) is 42.7 Å². The molecule has 2 aromatic rings. The van der Waals surface area contributed by atoms with Gasteiger partial charge in [0.05, 0.1) is 11.3 Å². The highest BCUT2D eigenvalue weighted by atomic mass is 35.5. The SMILES string of the molecule is CS(=O)(=O)NCc1csc2c1S(=O)(=O)N=C(C1C(=O)C3CCCCC3N(Cc3ccc(F)c(Cl)c3)C1=O)N2. The summed E-state index contributed by atoms with van der Waals surface area (Å²) in [5, 5.41) is 4.42. The second-order valence-electron chi connectivity index (χ2n) is 9.60. The summed E-state index contributed by atoms with van der Waals surface area (Å²) in [5.41, 5.74) is 0.783. The maximum atomic E-state index is 13.8. The Kier molecular flexibility index (Phi) is 7.14. The number of carbonyl (C=O) groups excluding carboxylic acids is 2. The van der Waals surface area contributed by atoms with Crippen molar-refractivity contribution in [2.24, 2.45) is 16.2 Å². The molecule has 2 fully saturated rings. The van der Waals surface area contributed by atoms with Crippen LogP contribution in [0.4, 0.5) is 9.39 Å². The van der Waals surface area contributed by atoms with Crippen molar-refractivity contribution in [3.8, 4) is 0 Å². The van der Waals surface area contributed by atoms with Crippen molar-refractivity contribution in [1.29, 1.82) is 0 Å². The van der Waals surface area contributed by atoms with Crippen LogP contribution in [0.5, 0.6) is 0 Å². The lowest BCUT2D eigenvalue weighted by Crippen LogP contribution is -2.60. The van der Waals surface area contributed by atoms with E-state index in [1.54, 1.807) is 4.90 Å². The van der Waals surface area contributed by atoms with Crippen LogP contribution in [0.2, 0.25) is 5.02 Å². The summed E-state index contributed by atoms with van der Waals surface area (Å²) in [7, 11) is -7.91. The van der Waals surface area contributed by atoms with E-state index >= 15 is 0 Å². The first-order valence-electron chi connectivity index (χ1n) is 11.8. The van der Waals surface area contributed by atoms with E-state index in [0.29, 0.717) is 18.4 Å². The summed E-state index contributed by atoms with van der Waals surface area (Å²) < 4.78 is 69.2. The highest BCUT2D eigenvalue weighted by molar-refractivity contribution is 7.91. The quantitative estimate of drug-likeness (QED) is 0.484. The van der Waals surface area contributed by atoms with Gasteiger partial charge < -0.3 is 10.2 Å². The zero-order valence-corrected chi connectivity index (χ0v) is 23.3. The molecule has 0 bridgehead atoms. The van der Waals surface area contributed by atoms with Crippen LogP contribution in [-0.4, -0.2) is 51.6 Å². The van der Waals surface area contributed by atoms with Gasteiger partial charge in [0, 0.05) is 30.6 Å². The number of anilines is 1. The molecule has 15 heteroatoms. The Labute approximate surface area is 228 Å². The number of benzene rings is 1. The van der Waals surface area contributed by atoms with Crippen molar-refractivity contribution in [1.82, 2.24) is 9.62 Å². The minimum atomic E-state index is -4.34. The number of amides is 1.